The normalized spacial score (nSPS) is 22.3. The third-order valence-electron chi connectivity index (χ3n) is 3.08. The number of hydrogen-bond acceptors (Lipinski definition) is 0. The van der Waals surface area contributed by atoms with Gasteiger partial charge in [0.2, 0.25) is 0 Å². The summed E-state index contributed by atoms with van der Waals surface area (Å²) >= 11 is 0. The lowest BCUT2D eigenvalue weighted by Crippen LogP contribution is -2.16. The van der Waals surface area contributed by atoms with E-state index in [4.69, 9.17) is 0 Å². The third kappa shape index (κ3) is 2.24. The molecular formula is C14H14F2. The lowest BCUT2D eigenvalue weighted by Gasteiger charge is -2.21. The maximum atomic E-state index is 13.3. The van der Waals surface area contributed by atoms with Crippen LogP contribution in [0.5, 0.6) is 0 Å². The molecular weight excluding hydrogens is 206 g/mol. The Kier molecular flexibility index (Phi) is 2.96. The highest BCUT2D eigenvalue weighted by atomic mass is 19.3. The van der Waals surface area contributed by atoms with E-state index in [-0.39, 0.29) is 12.3 Å². The fourth-order valence-corrected chi connectivity index (χ4v) is 2.12. The number of rotatable bonds is 1. The first kappa shape index (κ1) is 11.1. The predicted molar refractivity (Wildman–Crippen MR) is 60.5 cm³/mol. The quantitative estimate of drug-likeness (QED) is 0.628. The molecule has 0 heterocycles. The Bertz CT molecular complexity index is 438. The molecule has 1 aliphatic rings. The molecule has 0 aromatic heterocycles. The zero-order valence-electron chi connectivity index (χ0n) is 9.26. The summed E-state index contributed by atoms with van der Waals surface area (Å²) in [5, 5.41) is 0. The second-order valence-electron chi connectivity index (χ2n) is 4.19. The van der Waals surface area contributed by atoms with Crippen LogP contribution in [0.1, 0.15) is 43.2 Å². The maximum absolute atomic E-state index is 13.3. The number of fused-ring (bicyclic) bond motifs is 1. The van der Waals surface area contributed by atoms with Crippen LogP contribution in [-0.2, 0) is 0 Å². The molecule has 84 valence electrons. The van der Waals surface area contributed by atoms with Crippen molar-refractivity contribution in [2.75, 3.05) is 0 Å². The van der Waals surface area contributed by atoms with Gasteiger partial charge in [-0.2, -0.15) is 8.78 Å². The first-order chi connectivity index (χ1) is 7.62. The standard InChI is InChI=1S/C14H14F2/c1-2-11-7-9-14(15,16)10-8-12-5-3-4-6-13(11)12/h3-6,11H,2,7,9H2,1H3. The van der Waals surface area contributed by atoms with E-state index >= 15 is 0 Å². The van der Waals surface area contributed by atoms with Gasteiger partial charge in [-0.1, -0.05) is 31.0 Å². The first-order valence-corrected chi connectivity index (χ1v) is 5.62. The lowest BCUT2D eigenvalue weighted by atomic mass is 9.86. The summed E-state index contributed by atoms with van der Waals surface area (Å²) in [6.07, 6.45) is 1.26. The Hall–Kier alpha value is -1.36. The highest BCUT2D eigenvalue weighted by Crippen LogP contribution is 2.33. The van der Waals surface area contributed by atoms with Crippen LogP contribution in [-0.4, -0.2) is 5.92 Å². The summed E-state index contributed by atoms with van der Waals surface area (Å²) in [6, 6.07) is 7.62. The van der Waals surface area contributed by atoms with E-state index in [0.29, 0.717) is 6.42 Å². The van der Waals surface area contributed by atoms with Gasteiger partial charge in [-0.3, -0.25) is 0 Å². The Balaban J connectivity index is 2.48. The van der Waals surface area contributed by atoms with Crippen LogP contribution in [0.3, 0.4) is 0 Å². The minimum absolute atomic E-state index is 0.132. The topological polar surface area (TPSA) is 0 Å². The van der Waals surface area contributed by atoms with E-state index in [0.717, 1.165) is 17.5 Å². The van der Waals surface area contributed by atoms with Gasteiger partial charge < -0.3 is 0 Å². The van der Waals surface area contributed by atoms with Gasteiger partial charge in [-0.15, -0.1) is 0 Å². The zero-order valence-corrected chi connectivity index (χ0v) is 9.26. The van der Waals surface area contributed by atoms with Crippen molar-refractivity contribution in [2.45, 2.75) is 38.0 Å². The molecule has 1 aromatic carbocycles. The van der Waals surface area contributed by atoms with Gasteiger partial charge in [-0.05, 0) is 36.3 Å². The maximum Gasteiger partial charge on any atom is 0.308 e. The van der Waals surface area contributed by atoms with Gasteiger partial charge >= 0.3 is 5.92 Å². The smallest absolute Gasteiger partial charge is 0.192 e. The second kappa shape index (κ2) is 4.25. The van der Waals surface area contributed by atoms with Crippen molar-refractivity contribution in [1.29, 1.82) is 0 Å². The molecule has 0 amide bonds. The van der Waals surface area contributed by atoms with Crippen molar-refractivity contribution in [2.24, 2.45) is 0 Å². The van der Waals surface area contributed by atoms with Crippen molar-refractivity contribution in [3.63, 3.8) is 0 Å². The number of benzene rings is 1. The third-order valence-corrected chi connectivity index (χ3v) is 3.08. The molecule has 2 heteroatoms. The summed E-state index contributed by atoms with van der Waals surface area (Å²) in [5.41, 5.74) is 1.88. The molecule has 0 saturated heterocycles. The average Bonchev–Trinajstić information content (AvgIpc) is 2.27. The van der Waals surface area contributed by atoms with Gasteiger partial charge in [-0.25, -0.2) is 0 Å². The Morgan fingerprint density at radius 3 is 2.88 bits per heavy atom. The Labute approximate surface area is 94.7 Å². The summed E-state index contributed by atoms with van der Waals surface area (Å²) < 4.78 is 26.6. The summed E-state index contributed by atoms with van der Waals surface area (Å²) in [5.74, 6) is 2.07. The van der Waals surface area contributed by atoms with E-state index in [9.17, 15) is 8.78 Å². The van der Waals surface area contributed by atoms with Crippen LogP contribution >= 0.6 is 0 Å². The minimum Gasteiger partial charge on any atom is -0.192 e. The molecule has 1 unspecified atom stereocenters. The van der Waals surface area contributed by atoms with Crippen LogP contribution < -0.4 is 0 Å². The molecule has 0 radical (unpaired) electrons. The van der Waals surface area contributed by atoms with E-state index in [1.807, 2.05) is 31.2 Å². The Morgan fingerprint density at radius 1 is 1.38 bits per heavy atom. The summed E-state index contributed by atoms with van der Waals surface area (Å²) in [6.45, 7) is 2.04. The summed E-state index contributed by atoms with van der Waals surface area (Å²) in [7, 11) is 0. The molecule has 16 heavy (non-hydrogen) atoms. The van der Waals surface area contributed by atoms with E-state index in [2.05, 4.69) is 11.8 Å². The van der Waals surface area contributed by atoms with Crippen molar-refractivity contribution in [3.8, 4) is 11.8 Å². The van der Waals surface area contributed by atoms with Crippen molar-refractivity contribution < 1.29 is 8.78 Å². The molecule has 0 N–H and O–H groups in total. The number of alkyl halides is 2. The fourth-order valence-electron chi connectivity index (χ4n) is 2.12. The van der Waals surface area contributed by atoms with Crippen LogP contribution in [0, 0.1) is 11.8 Å². The molecule has 0 bridgehead atoms. The average molecular weight is 220 g/mol. The fraction of sp³-hybridized carbons (Fsp3) is 0.429. The van der Waals surface area contributed by atoms with Gasteiger partial charge in [0, 0.05) is 12.0 Å². The highest BCUT2D eigenvalue weighted by molar-refractivity contribution is 5.44. The van der Waals surface area contributed by atoms with Gasteiger partial charge in [0.15, 0.2) is 0 Å². The van der Waals surface area contributed by atoms with Crippen LogP contribution in [0.2, 0.25) is 0 Å². The monoisotopic (exact) mass is 220 g/mol. The Morgan fingerprint density at radius 2 is 2.12 bits per heavy atom. The van der Waals surface area contributed by atoms with E-state index in [1.165, 1.54) is 0 Å². The molecule has 2 rings (SSSR count). The van der Waals surface area contributed by atoms with Gasteiger partial charge in [0.1, 0.15) is 0 Å². The first-order valence-electron chi connectivity index (χ1n) is 5.62. The molecule has 0 aliphatic heterocycles. The zero-order chi connectivity index (χ0) is 11.6. The van der Waals surface area contributed by atoms with Crippen LogP contribution in [0.4, 0.5) is 8.78 Å². The highest BCUT2D eigenvalue weighted by Gasteiger charge is 2.29. The van der Waals surface area contributed by atoms with Crippen molar-refractivity contribution >= 4 is 0 Å². The second-order valence-corrected chi connectivity index (χ2v) is 4.19. The molecule has 1 aromatic rings. The molecule has 0 spiro atoms. The molecule has 0 saturated carbocycles. The van der Waals surface area contributed by atoms with Crippen molar-refractivity contribution in [1.82, 2.24) is 0 Å². The number of halogens is 2. The number of hydrogen-bond donors (Lipinski definition) is 0. The van der Waals surface area contributed by atoms with Gasteiger partial charge in [0.05, 0.1) is 0 Å². The van der Waals surface area contributed by atoms with E-state index in [1.54, 1.807) is 0 Å². The van der Waals surface area contributed by atoms with E-state index < -0.39 is 5.92 Å². The molecule has 0 fully saturated rings. The molecule has 1 aliphatic carbocycles. The van der Waals surface area contributed by atoms with Crippen LogP contribution in [0.25, 0.3) is 0 Å². The molecule has 0 nitrogen and oxygen atoms in total. The molecule has 1 atom stereocenters. The predicted octanol–water partition coefficient (Wildman–Crippen LogP) is 3.96. The SMILES string of the molecule is CCC1CCC(F)(F)C#Cc2ccccc21. The summed E-state index contributed by atoms with van der Waals surface area (Å²) in [4.78, 5) is 0. The largest absolute Gasteiger partial charge is 0.308 e. The van der Waals surface area contributed by atoms with Crippen LogP contribution in [0.15, 0.2) is 24.3 Å². The van der Waals surface area contributed by atoms with Crippen molar-refractivity contribution in [3.05, 3.63) is 35.4 Å². The minimum atomic E-state index is -2.83. The van der Waals surface area contributed by atoms with Gasteiger partial charge in [0.25, 0.3) is 0 Å². The lowest BCUT2D eigenvalue weighted by molar-refractivity contribution is 0.0517.